The second kappa shape index (κ2) is 10.8. The quantitative estimate of drug-likeness (QED) is 0.340. The number of nitrogen functional groups attached to an aromatic ring is 1. The van der Waals surface area contributed by atoms with Crippen LogP contribution in [-0.4, -0.2) is 79.6 Å². The third kappa shape index (κ3) is 5.65. The fourth-order valence-electron chi connectivity index (χ4n) is 4.61. The molecular formula is C26H29F2N7O3S. The van der Waals surface area contributed by atoms with Crippen LogP contribution in [0.2, 0.25) is 0 Å². The first-order chi connectivity index (χ1) is 18.6. The lowest BCUT2D eigenvalue weighted by Crippen LogP contribution is -2.45. The van der Waals surface area contributed by atoms with Crippen LogP contribution in [-0.2, 0) is 16.6 Å². The summed E-state index contributed by atoms with van der Waals surface area (Å²) in [7, 11) is -0.946. The molecule has 0 bridgehead atoms. The van der Waals surface area contributed by atoms with Gasteiger partial charge in [-0.15, -0.1) is 0 Å². The normalized spacial score (nSPS) is 15.1. The zero-order chi connectivity index (χ0) is 27.7. The predicted octanol–water partition coefficient (Wildman–Crippen LogP) is 3.02. The number of anilines is 2. The van der Waals surface area contributed by atoms with E-state index in [1.165, 1.54) is 7.11 Å². The molecule has 1 aliphatic rings. The number of hydrogen-bond acceptors (Lipinski definition) is 8. The molecule has 2 aromatic heterocycles. The highest BCUT2D eigenvalue weighted by Gasteiger charge is 2.22. The van der Waals surface area contributed by atoms with Crippen molar-refractivity contribution in [3.63, 3.8) is 0 Å². The molecule has 0 radical (unpaired) electrons. The molecule has 13 heteroatoms. The Bertz CT molecular complexity index is 1620. The SMILES string of the molecule is COc1ncc(-c2ccc3nc(N)n(CCN4CCN(C)CC4)c3c2)cc1NS(=O)(=O)c1ccc(F)cc1F. The lowest BCUT2D eigenvalue weighted by Gasteiger charge is -2.32. The van der Waals surface area contributed by atoms with Gasteiger partial charge in [-0.25, -0.2) is 27.2 Å². The van der Waals surface area contributed by atoms with Gasteiger partial charge in [0.2, 0.25) is 11.8 Å². The van der Waals surface area contributed by atoms with Crippen LogP contribution in [0, 0.1) is 11.6 Å². The molecule has 39 heavy (non-hydrogen) atoms. The number of halogens is 2. The summed E-state index contributed by atoms with van der Waals surface area (Å²) in [4.78, 5) is 12.7. The maximum Gasteiger partial charge on any atom is 0.264 e. The second-order valence-electron chi connectivity index (χ2n) is 9.43. The van der Waals surface area contributed by atoms with Crippen LogP contribution < -0.4 is 15.2 Å². The van der Waals surface area contributed by atoms with E-state index in [9.17, 15) is 17.2 Å². The van der Waals surface area contributed by atoms with E-state index >= 15 is 0 Å². The number of likely N-dealkylation sites (N-methyl/N-ethyl adjacent to an activating group) is 1. The van der Waals surface area contributed by atoms with E-state index in [0.29, 0.717) is 24.1 Å². The lowest BCUT2D eigenvalue weighted by molar-refractivity contribution is 0.150. The molecule has 3 heterocycles. The summed E-state index contributed by atoms with van der Waals surface area (Å²) in [6.45, 7) is 5.54. The Morgan fingerprint density at radius 3 is 2.51 bits per heavy atom. The van der Waals surface area contributed by atoms with Crippen molar-refractivity contribution >= 4 is 32.7 Å². The first-order valence-electron chi connectivity index (χ1n) is 12.3. The minimum Gasteiger partial charge on any atom is -0.480 e. The first-order valence-corrected chi connectivity index (χ1v) is 13.8. The summed E-state index contributed by atoms with van der Waals surface area (Å²) in [5, 5.41) is 0. The largest absolute Gasteiger partial charge is 0.480 e. The van der Waals surface area contributed by atoms with Crippen LogP contribution in [0.3, 0.4) is 0 Å². The summed E-state index contributed by atoms with van der Waals surface area (Å²) < 4.78 is 62.9. The van der Waals surface area contributed by atoms with E-state index in [2.05, 4.69) is 31.5 Å². The average molecular weight is 558 g/mol. The van der Waals surface area contributed by atoms with Crippen LogP contribution in [0.25, 0.3) is 22.2 Å². The van der Waals surface area contributed by atoms with Crippen molar-refractivity contribution in [2.45, 2.75) is 11.4 Å². The molecule has 1 fully saturated rings. The van der Waals surface area contributed by atoms with Crippen molar-refractivity contribution < 1.29 is 21.9 Å². The molecular weight excluding hydrogens is 528 g/mol. The number of imidazole rings is 1. The van der Waals surface area contributed by atoms with Crippen molar-refractivity contribution in [1.82, 2.24) is 24.3 Å². The van der Waals surface area contributed by atoms with Gasteiger partial charge in [0, 0.05) is 57.1 Å². The van der Waals surface area contributed by atoms with Gasteiger partial charge in [-0.2, -0.15) is 0 Å². The van der Waals surface area contributed by atoms with Crippen molar-refractivity contribution in [3.05, 3.63) is 60.3 Å². The lowest BCUT2D eigenvalue weighted by atomic mass is 10.1. The van der Waals surface area contributed by atoms with Gasteiger partial charge < -0.3 is 19.9 Å². The maximum absolute atomic E-state index is 14.2. The Balaban J connectivity index is 1.44. The summed E-state index contributed by atoms with van der Waals surface area (Å²) in [5.41, 5.74) is 9.16. The van der Waals surface area contributed by atoms with E-state index in [1.807, 2.05) is 22.8 Å². The molecule has 5 rings (SSSR count). The zero-order valence-corrected chi connectivity index (χ0v) is 22.4. The minimum absolute atomic E-state index is 0.00177. The molecule has 0 atom stereocenters. The van der Waals surface area contributed by atoms with Gasteiger partial charge in [-0.3, -0.25) is 9.62 Å². The monoisotopic (exact) mass is 557 g/mol. The Morgan fingerprint density at radius 1 is 1.03 bits per heavy atom. The fourth-order valence-corrected chi connectivity index (χ4v) is 5.72. The highest BCUT2D eigenvalue weighted by Crippen LogP contribution is 2.32. The Hall–Kier alpha value is -3.81. The summed E-state index contributed by atoms with van der Waals surface area (Å²) in [5.74, 6) is -1.68. The van der Waals surface area contributed by atoms with Crippen molar-refractivity contribution in [3.8, 4) is 17.0 Å². The van der Waals surface area contributed by atoms with Gasteiger partial charge in [0.15, 0.2) is 0 Å². The molecule has 3 N–H and O–H groups in total. The van der Waals surface area contributed by atoms with Gasteiger partial charge in [-0.05, 0) is 42.9 Å². The van der Waals surface area contributed by atoms with E-state index in [0.717, 1.165) is 61.5 Å². The van der Waals surface area contributed by atoms with E-state index in [4.69, 9.17) is 10.5 Å². The number of fused-ring (bicyclic) bond motifs is 1. The number of ether oxygens (including phenoxy) is 1. The average Bonchev–Trinajstić information content (AvgIpc) is 3.21. The summed E-state index contributed by atoms with van der Waals surface area (Å²) >= 11 is 0. The predicted molar refractivity (Wildman–Crippen MR) is 145 cm³/mol. The number of hydrogen-bond donors (Lipinski definition) is 2. The molecule has 0 amide bonds. The van der Waals surface area contributed by atoms with Crippen molar-refractivity contribution in [2.75, 3.05) is 57.3 Å². The van der Waals surface area contributed by atoms with Crippen LogP contribution in [0.4, 0.5) is 20.4 Å². The van der Waals surface area contributed by atoms with Crippen molar-refractivity contribution in [2.24, 2.45) is 0 Å². The molecule has 10 nitrogen and oxygen atoms in total. The molecule has 0 saturated carbocycles. The van der Waals surface area contributed by atoms with Gasteiger partial charge in [0.1, 0.15) is 22.2 Å². The highest BCUT2D eigenvalue weighted by atomic mass is 32.2. The molecule has 1 saturated heterocycles. The number of aromatic nitrogens is 3. The van der Waals surface area contributed by atoms with Crippen LogP contribution in [0.5, 0.6) is 5.88 Å². The third-order valence-electron chi connectivity index (χ3n) is 6.82. The van der Waals surface area contributed by atoms with Gasteiger partial charge in [0.05, 0.1) is 18.1 Å². The number of nitrogens with zero attached hydrogens (tertiary/aromatic N) is 5. The Morgan fingerprint density at radius 2 is 1.79 bits per heavy atom. The number of benzene rings is 2. The summed E-state index contributed by atoms with van der Waals surface area (Å²) in [6.07, 6.45) is 1.55. The number of nitrogens with one attached hydrogen (secondary N) is 1. The van der Waals surface area contributed by atoms with E-state index in [1.54, 1.807) is 12.3 Å². The maximum atomic E-state index is 14.2. The smallest absolute Gasteiger partial charge is 0.264 e. The van der Waals surface area contributed by atoms with Gasteiger partial charge in [-0.1, -0.05) is 6.07 Å². The molecule has 0 spiro atoms. The first kappa shape index (κ1) is 26.8. The topological polar surface area (TPSA) is 119 Å². The van der Waals surface area contributed by atoms with Crippen LogP contribution >= 0.6 is 0 Å². The van der Waals surface area contributed by atoms with Crippen LogP contribution in [0.15, 0.2) is 53.6 Å². The Labute approximate surface area is 225 Å². The number of piperazine rings is 1. The fraction of sp³-hybridized carbons (Fsp3) is 0.308. The number of sulfonamides is 1. The third-order valence-corrected chi connectivity index (χ3v) is 8.22. The summed E-state index contributed by atoms with van der Waals surface area (Å²) in [6, 6.07) is 9.38. The number of pyridine rings is 1. The highest BCUT2D eigenvalue weighted by molar-refractivity contribution is 7.92. The van der Waals surface area contributed by atoms with Gasteiger partial charge in [0.25, 0.3) is 10.0 Å². The Kier molecular flexibility index (Phi) is 7.38. The molecule has 4 aromatic rings. The number of rotatable bonds is 8. The number of nitrogens with two attached hydrogens (primary N) is 1. The zero-order valence-electron chi connectivity index (χ0n) is 21.6. The van der Waals surface area contributed by atoms with Crippen LogP contribution in [0.1, 0.15) is 0 Å². The van der Waals surface area contributed by atoms with E-state index in [-0.39, 0.29) is 11.6 Å². The molecule has 1 aliphatic heterocycles. The molecule has 0 unspecified atom stereocenters. The second-order valence-corrected chi connectivity index (χ2v) is 11.1. The minimum atomic E-state index is -4.40. The van der Waals surface area contributed by atoms with Gasteiger partial charge >= 0.3 is 0 Å². The van der Waals surface area contributed by atoms with Crippen molar-refractivity contribution in [1.29, 1.82) is 0 Å². The molecule has 0 aliphatic carbocycles. The molecule has 206 valence electrons. The molecule has 2 aromatic carbocycles. The standard InChI is InChI=1S/C26H29F2N7O3S/c1-33-7-9-34(10-8-33)11-12-35-23-14-17(3-5-21(23)31-26(35)29)18-13-22(25(38-2)30-16-18)32-39(36,37)24-6-4-19(27)15-20(24)28/h3-6,13-16,32H,7-12H2,1-2H3,(H2,29,31). The van der Waals surface area contributed by atoms with E-state index < -0.39 is 26.6 Å². The number of methoxy groups -OCH3 is 1.